The number of likely N-dealkylation sites (N-methyl/N-ethyl adjacent to an activating group) is 1. The van der Waals surface area contributed by atoms with E-state index in [1.807, 2.05) is 0 Å². The summed E-state index contributed by atoms with van der Waals surface area (Å²) in [6.07, 6.45) is 4.86. The van der Waals surface area contributed by atoms with E-state index in [2.05, 4.69) is 10.2 Å². The highest BCUT2D eigenvalue weighted by Crippen LogP contribution is 2.31. The normalized spacial score (nSPS) is 24.9. The summed E-state index contributed by atoms with van der Waals surface area (Å²) in [5.74, 6) is 0.283. The van der Waals surface area contributed by atoms with Gasteiger partial charge in [0, 0.05) is 26.2 Å². The van der Waals surface area contributed by atoms with Crippen LogP contribution in [0.3, 0.4) is 0 Å². The van der Waals surface area contributed by atoms with Gasteiger partial charge < -0.3 is 10.2 Å². The highest BCUT2D eigenvalue weighted by Gasteiger charge is 2.34. The average Bonchev–Trinajstić information content (AvgIpc) is 3.05. The summed E-state index contributed by atoms with van der Waals surface area (Å²) < 4.78 is 23.4. The zero-order valence-corrected chi connectivity index (χ0v) is 12.4. The number of carbonyl (C=O) groups is 1. The molecule has 2 fully saturated rings. The molecule has 1 saturated heterocycles. The van der Waals surface area contributed by atoms with Crippen molar-refractivity contribution in [3.63, 3.8) is 0 Å². The van der Waals surface area contributed by atoms with Gasteiger partial charge in [-0.3, -0.25) is 4.79 Å². The molecule has 1 aliphatic carbocycles. The van der Waals surface area contributed by atoms with Gasteiger partial charge in [-0.25, -0.2) is 8.42 Å². The lowest BCUT2D eigenvalue weighted by Crippen LogP contribution is -2.40. The summed E-state index contributed by atoms with van der Waals surface area (Å²) in [5, 5.41) is 2.84. The molecule has 6 nitrogen and oxygen atoms in total. The lowest BCUT2D eigenvalue weighted by Gasteiger charge is -2.16. The zero-order valence-electron chi connectivity index (χ0n) is 11.6. The Bertz CT molecular complexity index is 434. The molecular weight excluding hydrogens is 266 g/mol. The fourth-order valence-corrected chi connectivity index (χ4v) is 2.79. The number of amides is 1. The van der Waals surface area contributed by atoms with Crippen molar-refractivity contribution in [2.45, 2.75) is 25.3 Å². The largest absolute Gasteiger partial charge is 0.355 e. The lowest BCUT2D eigenvalue weighted by atomic mass is 10.1. The van der Waals surface area contributed by atoms with Crippen LogP contribution in [0.15, 0.2) is 0 Å². The molecule has 0 aromatic carbocycles. The van der Waals surface area contributed by atoms with Crippen LogP contribution >= 0.6 is 0 Å². The molecule has 0 aromatic heterocycles. The molecule has 0 radical (unpaired) electrons. The highest BCUT2D eigenvalue weighted by atomic mass is 32.2. The molecule has 2 rings (SSSR count). The van der Waals surface area contributed by atoms with E-state index in [1.165, 1.54) is 19.9 Å². The summed E-state index contributed by atoms with van der Waals surface area (Å²) in [6.45, 7) is 2.75. The van der Waals surface area contributed by atoms with Gasteiger partial charge in [0.1, 0.15) is 0 Å². The Labute approximate surface area is 115 Å². The first-order valence-electron chi connectivity index (χ1n) is 6.78. The minimum Gasteiger partial charge on any atom is -0.355 e. The second-order valence-electron chi connectivity index (χ2n) is 5.70. The number of hydrogen-bond acceptors (Lipinski definition) is 4. The van der Waals surface area contributed by atoms with E-state index >= 15 is 0 Å². The molecule has 1 heterocycles. The number of rotatable bonds is 6. The third-order valence-electron chi connectivity index (χ3n) is 3.90. The summed E-state index contributed by atoms with van der Waals surface area (Å²) >= 11 is 0. The predicted octanol–water partition coefficient (Wildman–Crippen LogP) is -0.522. The molecule has 1 saturated carbocycles. The van der Waals surface area contributed by atoms with Gasteiger partial charge in [0.15, 0.2) is 0 Å². The third kappa shape index (κ3) is 4.43. The van der Waals surface area contributed by atoms with Crippen molar-refractivity contribution in [3.05, 3.63) is 0 Å². The first-order valence-corrected chi connectivity index (χ1v) is 8.63. The van der Waals surface area contributed by atoms with Gasteiger partial charge in [-0.05, 0) is 31.7 Å². The molecule has 1 N–H and O–H groups in total. The predicted molar refractivity (Wildman–Crippen MR) is 73.2 cm³/mol. The SMILES string of the molecule is CN(CC(=O)NC[C@@H]1CCN(C2CC2)C1)S(C)(=O)=O. The van der Waals surface area contributed by atoms with Crippen LogP contribution in [0.5, 0.6) is 0 Å². The van der Waals surface area contributed by atoms with Crippen LogP contribution in [0.4, 0.5) is 0 Å². The van der Waals surface area contributed by atoms with Gasteiger partial charge in [-0.1, -0.05) is 0 Å². The maximum atomic E-state index is 11.7. The molecule has 110 valence electrons. The van der Waals surface area contributed by atoms with Crippen LogP contribution in [0.1, 0.15) is 19.3 Å². The number of carbonyl (C=O) groups excluding carboxylic acids is 1. The summed E-state index contributed by atoms with van der Waals surface area (Å²) in [4.78, 5) is 14.2. The van der Waals surface area contributed by atoms with Gasteiger partial charge in [0.2, 0.25) is 15.9 Å². The van der Waals surface area contributed by atoms with Crippen molar-refractivity contribution in [2.24, 2.45) is 5.92 Å². The van der Waals surface area contributed by atoms with Crippen molar-refractivity contribution >= 4 is 15.9 Å². The number of hydrogen-bond donors (Lipinski definition) is 1. The van der Waals surface area contributed by atoms with Crippen LogP contribution in [0, 0.1) is 5.92 Å². The summed E-state index contributed by atoms with van der Waals surface area (Å²) in [7, 11) is -1.87. The third-order valence-corrected chi connectivity index (χ3v) is 5.16. The van der Waals surface area contributed by atoms with Crippen molar-refractivity contribution in [1.29, 1.82) is 0 Å². The Balaban J connectivity index is 1.66. The molecule has 0 bridgehead atoms. The molecule has 7 heteroatoms. The molecule has 19 heavy (non-hydrogen) atoms. The Hall–Kier alpha value is -0.660. The molecule has 0 unspecified atom stereocenters. The van der Waals surface area contributed by atoms with Gasteiger partial charge in [-0.2, -0.15) is 4.31 Å². The first kappa shape index (κ1) is 14.7. The van der Waals surface area contributed by atoms with Crippen molar-refractivity contribution < 1.29 is 13.2 Å². The van der Waals surface area contributed by atoms with E-state index in [0.29, 0.717) is 12.5 Å². The van der Waals surface area contributed by atoms with Crippen LogP contribution in [0.25, 0.3) is 0 Å². The Morgan fingerprint density at radius 1 is 1.37 bits per heavy atom. The number of nitrogens with zero attached hydrogens (tertiary/aromatic N) is 2. The van der Waals surface area contributed by atoms with Gasteiger partial charge in [0.25, 0.3) is 0 Å². The molecule has 1 aliphatic heterocycles. The zero-order chi connectivity index (χ0) is 14.0. The number of nitrogens with one attached hydrogen (secondary N) is 1. The quantitative estimate of drug-likeness (QED) is 0.714. The van der Waals surface area contributed by atoms with E-state index in [0.717, 1.165) is 36.1 Å². The average molecular weight is 289 g/mol. The van der Waals surface area contributed by atoms with E-state index in [1.54, 1.807) is 0 Å². The van der Waals surface area contributed by atoms with Crippen molar-refractivity contribution in [2.75, 3.05) is 39.5 Å². The van der Waals surface area contributed by atoms with Crippen LogP contribution in [0.2, 0.25) is 0 Å². The molecule has 2 aliphatic rings. The minimum atomic E-state index is -3.28. The minimum absolute atomic E-state index is 0.0993. The van der Waals surface area contributed by atoms with E-state index < -0.39 is 10.0 Å². The lowest BCUT2D eigenvalue weighted by molar-refractivity contribution is -0.121. The van der Waals surface area contributed by atoms with Crippen molar-refractivity contribution in [3.8, 4) is 0 Å². The smallest absolute Gasteiger partial charge is 0.235 e. The van der Waals surface area contributed by atoms with E-state index in [-0.39, 0.29) is 12.5 Å². The topological polar surface area (TPSA) is 69.7 Å². The second kappa shape index (κ2) is 5.76. The highest BCUT2D eigenvalue weighted by molar-refractivity contribution is 7.88. The number of likely N-dealkylation sites (tertiary alicyclic amines) is 1. The van der Waals surface area contributed by atoms with Gasteiger partial charge >= 0.3 is 0 Å². The van der Waals surface area contributed by atoms with Gasteiger partial charge in [0.05, 0.1) is 12.8 Å². The maximum absolute atomic E-state index is 11.7. The molecule has 0 aromatic rings. The maximum Gasteiger partial charge on any atom is 0.235 e. The Morgan fingerprint density at radius 2 is 2.05 bits per heavy atom. The van der Waals surface area contributed by atoms with Gasteiger partial charge in [-0.15, -0.1) is 0 Å². The standard InChI is InChI=1S/C12H23N3O3S/c1-14(19(2,17)18)9-12(16)13-7-10-5-6-15(8-10)11-3-4-11/h10-11H,3-9H2,1-2H3,(H,13,16)/t10-/m0/s1. The fourth-order valence-electron chi connectivity index (χ4n) is 2.43. The van der Waals surface area contributed by atoms with E-state index in [4.69, 9.17) is 0 Å². The fraction of sp³-hybridized carbons (Fsp3) is 0.917. The molecule has 1 amide bonds. The summed E-state index contributed by atoms with van der Waals surface area (Å²) in [5.41, 5.74) is 0. The van der Waals surface area contributed by atoms with E-state index in [9.17, 15) is 13.2 Å². The monoisotopic (exact) mass is 289 g/mol. The summed E-state index contributed by atoms with van der Waals surface area (Å²) in [6, 6.07) is 0.789. The molecular formula is C12H23N3O3S. The number of sulfonamides is 1. The van der Waals surface area contributed by atoms with Crippen molar-refractivity contribution in [1.82, 2.24) is 14.5 Å². The Morgan fingerprint density at radius 3 is 2.63 bits per heavy atom. The molecule has 1 atom stereocenters. The molecule has 0 spiro atoms. The second-order valence-corrected chi connectivity index (χ2v) is 7.79. The van der Waals surface area contributed by atoms with Crippen LogP contribution in [-0.2, 0) is 14.8 Å². The Kier molecular flexibility index (Phi) is 4.47. The first-order chi connectivity index (χ1) is 8.86. The van der Waals surface area contributed by atoms with Crippen LogP contribution in [-0.4, -0.2) is 69.1 Å². The van der Waals surface area contributed by atoms with Crippen LogP contribution < -0.4 is 5.32 Å².